The third kappa shape index (κ3) is 7.31. The number of rotatable bonds is 9. The van der Waals surface area contributed by atoms with Gasteiger partial charge in [-0.1, -0.05) is 11.6 Å². The number of amides is 2. The standard InChI is InChI=1S/C20H20ClF3N6O3/c1-12(31)25-4-5-27-18(32)7-17-14-10-30(29-16(14)2-3-26-17)9-13-6-15(21)19(28-8-13)33-11-20(22,23)24/h2-3,6,8,10H,4-5,7,9,11H2,1H3,(H,25,31)(H,27,32). The molecule has 9 nitrogen and oxygen atoms in total. The zero-order chi connectivity index (χ0) is 24.0. The van der Waals surface area contributed by atoms with Gasteiger partial charge in [-0.3, -0.25) is 19.3 Å². The van der Waals surface area contributed by atoms with Gasteiger partial charge in [0.05, 0.1) is 24.2 Å². The van der Waals surface area contributed by atoms with E-state index in [1.54, 1.807) is 23.1 Å². The van der Waals surface area contributed by atoms with Crippen LogP contribution in [0, 0.1) is 0 Å². The van der Waals surface area contributed by atoms with E-state index in [1.165, 1.54) is 19.2 Å². The minimum atomic E-state index is -4.49. The predicted molar refractivity (Wildman–Crippen MR) is 113 cm³/mol. The Labute approximate surface area is 191 Å². The fourth-order valence-electron chi connectivity index (χ4n) is 2.92. The van der Waals surface area contributed by atoms with Crippen LogP contribution in [0.15, 0.2) is 30.7 Å². The largest absolute Gasteiger partial charge is 0.467 e. The molecule has 0 spiro atoms. The molecule has 0 aromatic carbocycles. The smallest absolute Gasteiger partial charge is 0.422 e. The molecule has 0 radical (unpaired) electrons. The molecule has 176 valence electrons. The fraction of sp³-hybridized carbons (Fsp3) is 0.350. The van der Waals surface area contributed by atoms with E-state index in [1.807, 2.05) is 0 Å². The number of carbonyl (C=O) groups excluding carboxylic acids is 2. The first-order valence-electron chi connectivity index (χ1n) is 9.77. The van der Waals surface area contributed by atoms with Crippen LogP contribution in [0.2, 0.25) is 5.02 Å². The van der Waals surface area contributed by atoms with Crippen molar-refractivity contribution in [2.24, 2.45) is 0 Å². The minimum Gasteiger partial charge on any atom is -0.467 e. The number of alkyl halides is 3. The molecule has 0 fully saturated rings. The van der Waals surface area contributed by atoms with E-state index < -0.39 is 12.8 Å². The van der Waals surface area contributed by atoms with Crippen LogP contribution in [0.4, 0.5) is 13.2 Å². The van der Waals surface area contributed by atoms with E-state index >= 15 is 0 Å². The van der Waals surface area contributed by atoms with Crippen molar-refractivity contribution < 1.29 is 27.5 Å². The second kappa shape index (κ2) is 10.5. The van der Waals surface area contributed by atoms with Crippen LogP contribution >= 0.6 is 11.6 Å². The zero-order valence-electron chi connectivity index (χ0n) is 17.4. The number of aromatic nitrogens is 4. The molecule has 0 saturated heterocycles. The van der Waals surface area contributed by atoms with Crippen LogP contribution in [-0.4, -0.2) is 57.4 Å². The first-order chi connectivity index (χ1) is 15.6. The molecule has 2 N–H and O–H groups in total. The molecule has 3 aromatic heterocycles. The Morgan fingerprint density at radius 3 is 2.67 bits per heavy atom. The quantitative estimate of drug-likeness (QED) is 0.451. The van der Waals surface area contributed by atoms with Crippen LogP contribution in [0.5, 0.6) is 5.88 Å². The van der Waals surface area contributed by atoms with Crippen LogP contribution < -0.4 is 15.4 Å². The van der Waals surface area contributed by atoms with E-state index in [-0.39, 0.29) is 35.7 Å². The second-order valence-electron chi connectivity index (χ2n) is 7.06. The van der Waals surface area contributed by atoms with Crippen molar-refractivity contribution in [3.05, 3.63) is 47.0 Å². The monoisotopic (exact) mass is 484 g/mol. The Hall–Kier alpha value is -3.41. The maximum Gasteiger partial charge on any atom is 0.422 e. The Kier molecular flexibility index (Phi) is 7.69. The third-order valence-electron chi connectivity index (χ3n) is 4.29. The summed E-state index contributed by atoms with van der Waals surface area (Å²) in [7, 11) is 0. The van der Waals surface area contributed by atoms with Gasteiger partial charge in [-0.25, -0.2) is 4.98 Å². The van der Waals surface area contributed by atoms with Crippen molar-refractivity contribution in [2.75, 3.05) is 19.7 Å². The van der Waals surface area contributed by atoms with E-state index in [0.717, 1.165) is 0 Å². The average Bonchev–Trinajstić information content (AvgIpc) is 3.13. The molecule has 13 heteroatoms. The molecule has 0 aliphatic rings. The van der Waals surface area contributed by atoms with Gasteiger partial charge in [0.1, 0.15) is 5.02 Å². The lowest BCUT2D eigenvalue weighted by Gasteiger charge is -2.10. The van der Waals surface area contributed by atoms with Crippen LogP contribution in [0.1, 0.15) is 18.2 Å². The van der Waals surface area contributed by atoms with E-state index in [9.17, 15) is 22.8 Å². The highest BCUT2D eigenvalue weighted by molar-refractivity contribution is 6.31. The minimum absolute atomic E-state index is 0.0295. The van der Waals surface area contributed by atoms with Gasteiger partial charge in [-0.15, -0.1) is 0 Å². The van der Waals surface area contributed by atoms with Crippen LogP contribution in [-0.2, 0) is 22.6 Å². The van der Waals surface area contributed by atoms with Crippen molar-refractivity contribution in [3.63, 3.8) is 0 Å². The number of pyridine rings is 2. The van der Waals surface area contributed by atoms with Crippen molar-refractivity contribution in [1.82, 2.24) is 30.4 Å². The first kappa shape index (κ1) is 24.2. The number of hydrogen-bond donors (Lipinski definition) is 2. The number of ether oxygens (including phenoxy) is 1. The summed E-state index contributed by atoms with van der Waals surface area (Å²) >= 11 is 5.99. The van der Waals surface area contributed by atoms with E-state index in [2.05, 4.69) is 30.4 Å². The Morgan fingerprint density at radius 1 is 1.21 bits per heavy atom. The van der Waals surface area contributed by atoms with Gasteiger partial charge in [-0.2, -0.15) is 18.3 Å². The Morgan fingerprint density at radius 2 is 1.97 bits per heavy atom. The Bertz CT molecular complexity index is 1150. The average molecular weight is 485 g/mol. The second-order valence-corrected chi connectivity index (χ2v) is 7.47. The Balaban J connectivity index is 1.66. The normalized spacial score (nSPS) is 11.4. The molecule has 3 rings (SSSR count). The predicted octanol–water partition coefficient (Wildman–Crippen LogP) is 2.26. The highest BCUT2D eigenvalue weighted by atomic mass is 35.5. The lowest BCUT2D eigenvalue weighted by Crippen LogP contribution is -2.34. The number of fused-ring (bicyclic) bond motifs is 1. The summed E-state index contributed by atoms with van der Waals surface area (Å²) in [4.78, 5) is 31.2. The highest BCUT2D eigenvalue weighted by Crippen LogP contribution is 2.25. The molecule has 2 amide bonds. The van der Waals surface area contributed by atoms with Gasteiger partial charge in [-0.05, 0) is 17.7 Å². The summed E-state index contributed by atoms with van der Waals surface area (Å²) in [6.07, 6.45) is 0.148. The van der Waals surface area contributed by atoms with Gasteiger partial charge < -0.3 is 15.4 Å². The third-order valence-corrected chi connectivity index (χ3v) is 4.57. The van der Waals surface area contributed by atoms with Crippen molar-refractivity contribution in [2.45, 2.75) is 26.1 Å². The molecule has 0 aliphatic carbocycles. The fourth-order valence-corrected chi connectivity index (χ4v) is 3.16. The van der Waals surface area contributed by atoms with Crippen LogP contribution in [0.25, 0.3) is 10.9 Å². The summed E-state index contributed by atoms with van der Waals surface area (Å²) in [6, 6.07) is 3.15. The molecule has 0 bridgehead atoms. The number of nitrogens with one attached hydrogen (secondary N) is 2. The molecular formula is C20H20ClF3N6O3. The van der Waals surface area contributed by atoms with Gasteiger partial charge in [0.2, 0.25) is 17.7 Å². The number of nitrogens with zero attached hydrogens (tertiary/aromatic N) is 4. The molecule has 3 aromatic rings. The molecule has 33 heavy (non-hydrogen) atoms. The first-order valence-corrected chi connectivity index (χ1v) is 10.1. The molecule has 0 saturated carbocycles. The zero-order valence-corrected chi connectivity index (χ0v) is 18.2. The summed E-state index contributed by atoms with van der Waals surface area (Å²) in [5.74, 6) is -0.735. The van der Waals surface area contributed by atoms with Crippen LogP contribution in [0.3, 0.4) is 0 Å². The summed E-state index contributed by atoms with van der Waals surface area (Å²) < 4.78 is 43.1. The number of halogens is 4. The lowest BCUT2D eigenvalue weighted by molar-refractivity contribution is -0.154. The molecule has 0 atom stereocenters. The van der Waals surface area contributed by atoms with Crippen molar-refractivity contribution >= 4 is 34.3 Å². The van der Waals surface area contributed by atoms with Gasteiger partial charge >= 0.3 is 6.18 Å². The molecule has 0 unspecified atom stereocenters. The molecular weight excluding hydrogens is 465 g/mol. The molecule has 3 heterocycles. The van der Waals surface area contributed by atoms with Gasteiger partial charge in [0.15, 0.2) is 6.61 Å². The maximum absolute atomic E-state index is 12.3. The van der Waals surface area contributed by atoms with E-state index in [0.29, 0.717) is 35.2 Å². The summed E-state index contributed by atoms with van der Waals surface area (Å²) in [5.41, 5.74) is 1.75. The summed E-state index contributed by atoms with van der Waals surface area (Å²) in [6.45, 7) is 0.769. The van der Waals surface area contributed by atoms with E-state index in [4.69, 9.17) is 11.6 Å². The maximum atomic E-state index is 12.3. The number of carbonyl (C=O) groups is 2. The lowest BCUT2D eigenvalue weighted by atomic mass is 10.2. The van der Waals surface area contributed by atoms with Crippen molar-refractivity contribution in [1.29, 1.82) is 0 Å². The molecule has 0 aliphatic heterocycles. The van der Waals surface area contributed by atoms with Crippen molar-refractivity contribution in [3.8, 4) is 5.88 Å². The van der Waals surface area contributed by atoms with Gasteiger partial charge in [0, 0.05) is 44.0 Å². The van der Waals surface area contributed by atoms with Gasteiger partial charge in [0.25, 0.3) is 0 Å². The topological polar surface area (TPSA) is 111 Å². The number of hydrogen-bond acceptors (Lipinski definition) is 6. The summed E-state index contributed by atoms with van der Waals surface area (Å²) in [5, 5.41) is 10.4. The SMILES string of the molecule is CC(=O)NCCNC(=O)Cc1nccc2nn(Cc3cnc(OCC(F)(F)F)c(Cl)c3)cc12. The highest BCUT2D eigenvalue weighted by Gasteiger charge is 2.29.